The molecular weight excluding hydrogens is 210 g/mol. The average Bonchev–Trinajstić information content (AvgIpc) is 2.15. The zero-order valence-electron chi connectivity index (χ0n) is 9.14. The lowest BCUT2D eigenvalue weighted by atomic mass is 10.2. The van der Waals surface area contributed by atoms with Crippen LogP contribution in [0.1, 0.15) is 26.3 Å². The van der Waals surface area contributed by atoms with E-state index in [0.29, 0.717) is 0 Å². The van der Waals surface area contributed by atoms with E-state index in [1.807, 2.05) is 30.3 Å². The molecular formula is C11H15NO2S. The summed E-state index contributed by atoms with van der Waals surface area (Å²) in [6.07, 6.45) is 1.38. The van der Waals surface area contributed by atoms with Crippen LogP contribution in [0.3, 0.4) is 0 Å². The van der Waals surface area contributed by atoms with Crippen molar-refractivity contribution in [3.63, 3.8) is 0 Å². The third-order valence-corrected chi connectivity index (χ3v) is 3.84. The van der Waals surface area contributed by atoms with Gasteiger partial charge in [-0.05, 0) is 26.3 Å². The molecule has 82 valence electrons. The van der Waals surface area contributed by atoms with Gasteiger partial charge in [0.05, 0.1) is 4.75 Å². The molecule has 0 aliphatic carbocycles. The van der Waals surface area contributed by atoms with Gasteiger partial charge in [-0.25, -0.2) is 8.42 Å². The Labute approximate surface area is 90.9 Å². The molecule has 1 rings (SSSR count). The topological polar surface area (TPSA) is 46.5 Å². The Kier molecular flexibility index (Phi) is 3.29. The maximum atomic E-state index is 11.6. The third-order valence-electron chi connectivity index (χ3n) is 1.91. The molecule has 0 fully saturated rings. The first-order valence-corrected chi connectivity index (χ1v) is 6.12. The van der Waals surface area contributed by atoms with Gasteiger partial charge >= 0.3 is 0 Å². The molecule has 0 aliphatic rings. The van der Waals surface area contributed by atoms with Crippen LogP contribution in [0.4, 0.5) is 0 Å². The highest BCUT2D eigenvalue weighted by molar-refractivity contribution is 7.91. The largest absolute Gasteiger partial charge is 0.258 e. The van der Waals surface area contributed by atoms with E-state index in [9.17, 15) is 8.42 Å². The van der Waals surface area contributed by atoms with Crippen molar-refractivity contribution in [2.24, 2.45) is 4.40 Å². The van der Waals surface area contributed by atoms with Gasteiger partial charge in [-0.2, -0.15) is 4.40 Å². The number of rotatable bonds is 2. The van der Waals surface area contributed by atoms with Crippen molar-refractivity contribution >= 4 is 16.2 Å². The first-order chi connectivity index (χ1) is 6.83. The second-order valence-electron chi connectivity index (χ2n) is 4.23. The Bertz CT molecular complexity index is 441. The van der Waals surface area contributed by atoms with Crippen LogP contribution in [0.25, 0.3) is 0 Å². The summed E-state index contributed by atoms with van der Waals surface area (Å²) in [5.41, 5.74) is 0.783. The van der Waals surface area contributed by atoms with Gasteiger partial charge in [0, 0.05) is 6.21 Å². The summed E-state index contributed by atoms with van der Waals surface area (Å²) in [4.78, 5) is 0. The van der Waals surface area contributed by atoms with Crippen LogP contribution in [0.15, 0.2) is 34.7 Å². The quantitative estimate of drug-likeness (QED) is 0.725. The Balaban J connectivity index is 2.93. The Hall–Kier alpha value is -1.16. The Morgan fingerprint density at radius 2 is 1.67 bits per heavy atom. The minimum atomic E-state index is -3.43. The standard InChI is InChI=1S/C11H15NO2S/c1-11(2,3)15(13,14)12-9-10-7-5-4-6-8-10/h4-9H,1-3H3/b12-9+. The van der Waals surface area contributed by atoms with Crippen molar-refractivity contribution in [3.05, 3.63) is 35.9 Å². The summed E-state index contributed by atoms with van der Waals surface area (Å²) >= 11 is 0. The molecule has 3 nitrogen and oxygen atoms in total. The average molecular weight is 225 g/mol. The second-order valence-corrected chi connectivity index (χ2v) is 6.62. The maximum Gasteiger partial charge on any atom is 0.258 e. The maximum absolute atomic E-state index is 11.6. The lowest BCUT2D eigenvalue weighted by Gasteiger charge is -2.14. The minimum absolute atomic E-state index is 0.783. The molecule has 0 heterocycles. The molecule has 0 aliphatic heterocycles. The van der Waals surface area contributed by atoms with Crippen LogP contribution in [0, 0.1) is 0 Å². The fraction of sp³-hybridized carbons (Fsp3) is 0.364. The number of hydrogen-bond donors (Lipinski definition) is 0. The lowest BCUT2D eigenvalue weighted by Crippen LogP contribution is -2.25. The van der Waals surface area contributed by atoms with Crippen molar-refractivity contribution < 1.29 is 8.42 Å². The molecule has 0 radical (unpaired) electrons. The molecule has 1 aromatic carbocycles. The molecule has 0 unspecified atom stereocenters. The number of sulfonamides is 1. The minimum Gasteiger partial charge on any atom is -0.204 e. The van der Waals surface area contributed by atoms with Crippen LogP contribution in [0.5, 0.6) is 0 Å². The van der Waals surface area contributed by atoms with Gasteiger partial charge in [0.15, 0.2) is 0 Å². The third kappa shape index (κ3) is 3.16. The van der Waals surface area contributed by atoms with Crippen molar-refractivity contribution in [1.29, 1.82) is 0 Å². The van der Waals surface area contributed by atoms with Gasteiger partial charge in [-0.15, -0.1) is 0 Å². The highest BCUT2D eigenvalue weighted by Gasteiger charge is 2.27. The summed E-state index contributed by atoms with van der Waals surface area (Å²) < 4.78 is 26.1. The van der Waals surface area contributed by atoms with Crippen LogP contribution in [0.2, 0.25) is 0 Å². The Morgan fingerprint density at radius 3 is 2.13 bits per heavy atom. The normalized spacial score (nSPS) is 13.3. The van der Waals surface area contributed by atoms with Crippen molar-refractivity contribution in [2.45, 2.75) is 25.5 Å². The fourth-order valence-corrected chi connectivity index (χ4v) is 1.40. The molecule has 0 bridgehead atoms. The molecule has 0 saturated carbocycles. The molecule has 4 heteroatoms. The van der Waals surface area contributed by atoms with Crippen molar-refractivity contribution in [3.8, 4) is 0 Å². The van der Waals surface area contributed by atoms with Gasteiger partial charge in [0.25, 0.3) is 10.0 Å². The fourth-order valence-electron chi connectivity index (χ4n) is 0.827. The number of hydrogen-bond acceptors (Lipinski definition) is 2. The number of nitrogens with zero attached hydrogens (tertiary/aromatic N) is 1. The summed E-state index contributed by atoms with van der Waals surface area (Å²) in [7, 11) is -3.43. The molecule has 0 aromatic heterocycles. The van der Waals surface area contributed by atoms with Gasteiger partial charge in [0.1, 0.15) is 0 Å². The van der Waals surface area contributed by atoms with E-state index in [4.69, 9.17) is 0 Å². The van der Waals surface area contributed by atoms with E-state index in [0.717, 1.165) is 5.56 Å². The summed E-state index contributed by atoms with van der Waals surface area (Å²) in [6.45, 7) is 4.89. The molecule has 15 heavy (non-hydrogen) atoms. The smallest absolute Gasteiger partial charge is 0.204 e. The van der Waals surface area contributed by atoms with Crippen LogP contribution >= 0.6 is 0 Å². The van der Waals surface area contributed by atoms with Gasteiger partial charge in [-0.3, -0.25) is 0 Å². The predicted molar refractivity (Wildman–Crippen MR) is 62.7 cm³/mol. The van der Waals surface area contributed by atoms with Crippen molar-refractivity contribution in [2.75, 3.05) is 0 Å². The highest BCUT2D eigenvalue weighted by Crippen LogP contribution is 2.16. The first-order valence-electron chi connectivity index (χ1n) is 4.68. The predicted octanol–water partition coefficient (Wildman–Crippen LogP) is 2.23. The highest BCUT2D eigenvalue weighted by atomic mass is 32.2. The van der Waals surface area contributed by atoms with Crippen molar-refractivity contribution in [1.82, 2.24) is 0 Å². The van der Waals surface area contributed by atoms with Crippen LogP contribution in [-0.4, -0.2) is 19.4 Å². The molecule has 0 N–H and O–H groups in total. The summed E-state index contributed by atoms with van der Waals surface area (Å²) in [5.74, 6) is 0. The van der Waals surface area contributed by atoms with E-state index in [1.54, 1.807) is 20.8 Å². The van der Waals surface area contributed by atoms with Gasteiger partial charge in [0.2, 0.25) is 0 Å². The Morgan fingerprint density at radius 1 is 1.13 bits per heavy atom. The lowest BCUT2D eigenvalue weighted by molar-refractivity contribution is 0.562. The first kappa shape index (κ1) is 11.9. The van der Waals surface area contributed by atoms with E-state index in [-0.39, 0.29) is 0 Å². The number of benzene rings is 1. The van der Waals surface area contributed by atoms with E-state index in [1.165, 1.54) is 6.21 Å². The van der Waals surface area contributed by atoms with Crippen LogP contribution in [-0.2, 0) is 10.0 Å². The van der Waals surface area contributed by atoms with Gasteiger partial charge in [-0.1, -0.05) is 30.3 Å². The van der Waals surface area contributed by atoms with Crippen LogP contribution < -0.4 is 0 Å². The zero-order chi connectivity index (χ0) is 11.5. The van der Waals surface area contributed by atoms with E-state index >= 15 is 0 Å². The molecule has 0 amide bonds. The monoisotopic (exact) mass is 225 g/mol. The molecule has 1 aromatic rings. The molecule has 0 spiro atoms. The van der Waals surface area contributed by atoms with E-state index in [2.05, 4.69) is 4.40 Å². The zero-order valence-corrected chi connectivity index (χ0v) is 9.95. The van der Waals surface area contributed by atoms with E-state index < -0.39 is 14.8 Å². The second kappa shape index (κ2) is 4.14. The molecule has 0 saturated heterocycles. The molecule has 0 atom stereocenters. The summed E-state index contributed by atoms with van der Waals surface area (Å²) in [5, 5.41) is 0. The van der Waals surface area contributed by atoms with Gasteiger partial charge < -0.3 is 0 Å². The SMILES string of the molecule is CC(C)(C)S(=O)(=O)/N=C/c1ccccc1. The summed E-state index contributed by atoms with van der Waals surface area (Å²) in [6, 6.07) is 9.16.